The number of thiazole rings is 1. The number of amides is 1. The average molecular weight is 375 g/mol. The molecule has 0 saturated heterocycles. The van der Waals surface area contributed by atoms with Gasteiger partial charge >= 0.3 is 0 Å². The topological polar surface area (TPSA) is 67.5 Å². The summed E-state index contributed by atoms with van der Waals surface area (Å²) in [6.45, 7) is 2.09. The Morgan fingerprint density at radius 3 is 2.89 bits per heavy atom. The third kappa shape index (κ3) is 3.80. The Morgan fingerprint density at radius 1 is 1.19 bits per heavy atom. The minimum absolute atomic E-state index is 0.274. The molecule has 0 fully saturated rings. The molecular formula is C21H17N3O2S. The third-order valence-corrected chi connectivity index (χ3v) is 4.79. The van der Waals surface area contributed by atoms with Crippen molar-refractivity contribution in [2.45, 2.75) is 13.3 Å². The zero-order chi connectivity index (χ0) is 18.6. The number of benzene rings is 2. The maximum absolute atomic E-state index is 12.8. The van der Waals surface area contributed by atoms with Gasteiger partial charge in [0, 0.05) is 17.0 Å². The minimum atomic E-state index is -0.301. The highest BCUT2D eigenvalue weighted by atomic mass is 32.1. The molecule has 134 valence electrons. The molecule has 0 aliphatic heterocycles. The predicted octanol–water partition coefficient (Wildman–Crippen LogP) is 4.94. The second-order valence-electron chi connectivity index (χ2n) is 5.93. The van der Waals surface area contributed by atoms with Crippen LogP contribution in [0.4, 0.5) is 10.8 Å². The minimum Gasteiger partial charge on any atom is -0.438 e. The fourth-order valence-corrected chi connectivity index (χ4v) is 3.25. The SMILES string of the molecule is CCc1cccc(N=c2oc3ccccc3cc2C(=O)Nc2nccs2)c1. The molecule has 0 aliphatic carbocycles. The lowest BCUT2D eigenvalue weighted by Crippen LogP contribution is -2.21. The lowest BCUT2D eigenvalue weighted by molar-refractivity contribution is 0.102. The van der Waals surface area contributed by atoms with E-state index in [0.29, 0.717) is 16.3 Å². The van der Waals surface area contributed by atoms with Gasteiger partial charge in [0.1, 0.15) is 11.1 Å². The summed E-state index contributed by atoms with van der Waals surface area (Å²) in [5, 5.41) is 5.98. The van der Waals surface area contributed by atoms with Crippen molar-refractivity contribution in [2.75, 3.05) is 5.32 Å². The van der Waals surface area contributed by atoms with E-state index in [1.165, 1.54) is 16.9 Å². The van der Waals surface area contributed by atoms with Crippen LogP contribution in [0.25, 0.3) is 11.0 Å². The summed E-state index contributed by atoms with van der Waals surface area (Å²) < 4.78 is 5.97. The summed E-state index contributed by atoms with van der Waals surface area (Å²) in [7, 11) is 0. The Kier molecular flexibility index (Phi) is 4.80. The highest BCUT2D eigenvalue weighted by Gasteiger charge is 2.14. The Balaban J connectivity index is 1.86. The van der Waals surface area contributed by atoms with Crippen molar-refractivity contribution < 1.29 is 9.21 Å². The molecule has 2 heterocycles. The average Bonchev–Trinajstić information content (AvgIpc) is 3.20. The third-order valence-electron chi connectivity index (χ3n) is 4.10. The highest BCUT2D eigenvalue weighted by molar-refractivity contribution is 7.13. The van der Waals surface area contributed by atoms with Gasteiger partial charge in [0.2, 0.25) is 5.55 Å². The van der Waals surface area contributed by atoms with Crippen LogP contribution in [-0.4, -0.2) is 10.9 Å². The molecule has 0 saturated carbocycles. The van der Waals surface area contributed by atoms with Crippen LogP contribution >= 0.6 is 11.3 Å². The second kappa shape index (κ2) is 7.55. The number of carbonyl (C=O) groups excluding carboxylic acids is 1. The molecule has 4 aromatic rings. The van der Waals surface area contributed by atoms with Gasteiger partial charge in [-0.25, -0.2) is 9.98 Å². The van der Waals surface area contributed by atoms with Crippen molar-refractivity contribution in [3.8, 4) is 0 Å². The van der Waals surface area contributed by atoms with Crippen LogP contribution in [0.3, 0.4) is 0 Å². The molecule has 2 aromatic carbocycles. The monoisotopic (exact) mass is 375 g/mol. The number of nitrogens with zero attached hydrogens (tertiary/aromatic N) is 2. The molecule has 0 unspecified atom stereocenters. The van der Waals surface area contributed by atoms with E-state index < -0.39 is 0 Å². The van der Waals surface area contributed by atoms with Crippen LogP contribution < -0.4 is 10.9 Å². The molecule has 27 heavy (non-hydrogen) atoms. The van der Waals surface area contributed by atoms with Crippen LogP contribution in [-0.2, 0) is 6.42 Å². The molecular weight excluding hydrogens is 358 g/mol. The molecule has 1 amide bonds. The Hall–Kier alpha value is -3.25. The van der Waals surface area contributed by atoms with Gasteiger partial charge in [0.25, 0.3) is 5.91 Å². The summed E-state index contributed by atoms with van der Waals surface area (Å²) in [4.78, 5) is 21.5. The van der Waals surface area contributed by atoms with E-state index in [-0.39, 0.29) is 11.5 Å². The number of para-hydroxylation sites is 1. The highest BCUT2D eigenvalue weighted by Crippen LogP contribution is 2.18. The van der Waals surface area contributed by atoms with E-state index in [0.717, 1.165) is 17.5 Å². The second-order valence-corrected chi connectivity index (χ2v) is 6.82. The summed E-state index contributed by atoms with van der Waals surface area (Å²) in [5.41, 5.74) is 3.23. The summed E-state index contributed by atoms with van der Waals surface area (Å²) in [6.07, 6.45) is 2.56. The number of hydrogen-bond donors (Lipinski definition) is 1. The first kappa shape index (κ1) is 17.2. The number of aromatic nitrogens is 1. The molecule has 0 bridgehead atoms. The van der Waals surface area contributed by atoms with Crippen molar-refractivity contribution in [3.05, 3.63) is 82.9 Å². The number of nitrogens with one attached hydrogen (secondary N) is 1. The molecule has 5 nitrogen and oxygen atoms in total. The molecule has 0 atom stereocenters. The van der Waals surface area contributed by atoms with Crippen LogP contribution in [0, 0.1) is 0 Å². The van der Waals surface area contributed by atoms with Crippen molar-refractivity contribution in [2.24, 2.45) is 4.99 Å². The lowest BCUT2D eigenvalue weighted by Gasteiger charge is -2.05. The fraction of sp³-hybridized carbons (Fsp3) is 0.0952. The quantitative estimate of drug-likeness (QED) is 0.549. The van der Waals surface area contributed by atoms with Gasteiger partial charge in [-0.1, -0.05) is 37.3 Å². The van der Waals surface area contributed by atoms with E-state index in [2.05, 4.69) is 22.2 Å². The van der Waals surface area contributed by atoms with E-state index in [9.17, 15) is 4.79 Å². The number of rotatable bonds is 4. The van der Waals surface area contributed by atoms with Gasteiger partial charge in [-0.15, -0.1) is 11.3 Å². The predicted molar refractivity (Wildman–Crippen MR) is 107 cm³/mol. The van der Waals surface area contributed by atoms with Gasteiger partial charge in [0.05, 0.1) is 5.69 Å². The molecule has 6 heteroatoms. The van der Waals surface area contributed by atoms with E-state index in [1.807, 2.05) is 53.9 Å². The zero-order valence-electron chi connectivity index (χ0n) is 14.7. The summed E-state index contributed by atoms with van der Waals surface area (Å²) in [5.74, 6) is -0.301. The van der Waals surface area contributed by atoms with Crippen LogP contribution in [0.15, 0.2) is 75.6 Å². The molecule has 0 spiro atoms. The largest absolute Gasteiger partial charge is 0.438 e. The molecule has 0 radical (unpaired) electrons. The number of fused-ring (bicyclic) bond motifs is 1. The first-order valence-electron chi connectivity index (χ1n) is 8.60. The fourth-order valence-electron chi connectivity index (χ4n) is 2.73. The maximum atomic E-state index is 12.8. The van der Waals surface area contributed by atoms with Crippen molar-refractivity contribution in [1.29, 1.82) is 0 Å². The van der Waals surface area contributed by atoms with Crippen molar-refractivity contribution in [3.63, 3.8) is 0 Å². The summed E-state index contributed by atoms with van der Waals surface area (Å²) in [6, 6.07) is 17.2. The number of hydrogen-bond acceptors (Lipinski definition) is 5. The molecule has 1 N–H and O–H groups in total. The van der Waals surface area contributed by atoms with E-state index in [1.54, 1.807) is 12.3 Å². The smallest absolute Gasteiger partial charge is 0.262 e. The first-order valence-corrected chi connectivity index (χ1v) is 9.48. The number of carbonyl (C=O) groups is 1. The van der Waals surface area contributed by atoms with Gasteiger partial charge in [0.15, 0.2) is 5.13 Å². The molecule has 4 rings (SSSR count). The van der Waals surface area contributed by atoms with Crippen LogP contribution in [0.5, 0.6) is 0 Å². The van der Waals surface area contributed by atoms with Gasteiger partial charge in [-0.3, -0.25) is 10.1 Å². The standard InChI is InChI=1S/C21H17N3O2S/c1-2-14-6-5-8-16(12-14)23-20-17(19(25)24-21-22-10-11-27-21)13-15-7-3-4-9-18(15)26-20/h3-13H,2H2,1H3,(H,22,24,25). The van der Waals surface area contributed by atoms with Crippen LogP contribution in [0.1, 0.15) is 22.8 Å². The van der Waals surface area contributed by atoms with E-state index >= 15 is 0 Å². The summed E-state index contributed by atoms with van der Waals surface area (Å²) >= 11 is 1.36. The first-order chi connectivity index (χ1) is 13.2. The van der Waals surface area contributed by atoms with Crippen molar-refractivity contribution >= 4 is 39.0 Å². The Morgan fingerprint density at radius 2 is 2.07 bits per heavy atom. The lowest BCUT2D eigenvalue weighted by atomic mass is 10.1. The van der Waals surface area contributed by atoms with Gasteiger partial charge in [-0.2, -0.15) is 0 Å². The van der Waals surface area contributed by atoms with Gasteiger partial charge < -0.3 is 4.42 Å². The van der Waals surface area contributed by atoms with E-state index in [4.69, 9.17) is 4.42 Å². The number of anilines is 1. The normalized spacial score (nSPS) is 11.7. The zero-order valence-corrected chi connectivity index (χ0v) is 15.5. The van der Waals surface area contributed by atoms with Crippen LogP contribution in [0.2, 0.25) is 0 Å². The Labute approximate surface area is 160 Å². The maximum Gasteiger partial charge on any atom is 0.262 e. The number of aryl methyl sites for hydroxylation is 1. The molecule has 2 aromatic heterocycles. The Bertz CT molecular complexity index is 1160. The molecule has 0 aliphatic rings. The van der Waals surface area contributed by atoms with Crippen molar-refractivity contribution in [1.82, 2.24) is 4.98 Å². The van der Waals surface area contributed by atoms with Gasteiger partial charge in [-0.05, 0) is 36.2 Å².